The Morgan fingerprint density at radius 3 is 2.69 bits per heavy atom. The molecule has 6 heteroatoms. The molecule has 2 aromatic carbocycles. The number of hydrogen-bond donors (Lipinski definition) is 2. The molecule has 3 rings (SSSR count). The number of methoxy groups -OCH3 is 1. The van der Waals surface area contributed by atoms with Gasteiger partial charge in [-0.3, -0.25) is 4.79 Å². The zero-order valence-electron chi connectivity index (χ0n) is 17.1. The second kappa shape index (κ2) is 9.96. The van der Waals surface area contributed by atoms with Gasteiger partial charge in [-0.25, -0.2) is 4.79 Å². The molecular formula is C23H29N3O3. The third-order valence-electron chi connectivity index (χ3n) is 5.14. The van der Waals surface area contributed by atoms with Gasteiger partial charge in [-0.05, 0) is 56.4 Å². The van der Waals surface area contributed by atoms with E-state index in [4.69, 9.17) is 4.74 Å². The summed E-state index contributed by atoms with van der Waals surface area (Å²) in [6, 6.07) is 15.4. The Balaban J connectivity index is 1.59. The largest absolute Gasteiger partial charge is 0.495 e. The number of carbonyl (C=O) groups excluding carboxylic acids is 2. The molecule has 1 aliphatic heterocycles. The van der Waals surface area contributed by atoms with Crippen molar-refractivity contribution >= 4 is 23.3 Å². The molecule has 3 amide bonds. The number of anilines is 2. The number of piperidine rings is 1. The monoisotopic (exact) mass is 395 g/mol. The van der Waals surface area contributed by atoms with E-state index >= 15 is 0 Å². The summed E-state index contributed by atoms with van der Waals surface area (Å²) in [5, 5.41) is 5.85. The van der Waals surface area contributed by atoms with Gasteiger partial charge in [0.1, 0.15) is 5.75 Å². The predicted molar refractivity (Wildman–Crippen MR) is 116 cm³/mol. The first-order chi connectivity index (χ1) is 14.1. The third kappa shape index (κ3) is 5.73. The molecule has 1 unspecified atom stereocenters. The van der Waals surface area contributed by atoms with E-state index in [9.17, 15) is 9.59 Å². The van der Waals surface area contributed by atoms with Crippen molar-refractivity contribution in [1.82, 2.24) is 5.32 Å². The lowest BCUT2D eigenvalue weighted by molar-refractivity contribution is -0.119. The fraction of sp³-hybridized carbons (Fsp3) is 0.391. The maximum absolute atomic E-state index is 12.4. The maximum Gasteiger partial charge on any atom is 0.319 e. The van der Waals surface area contributed by atoms with Crippen molar-refractivity contribution in [3.05, 3.63) is 54.1 Å². The number of urea groups is 1. The van der Waals surface area contributed by atoms with Gasteiger partial charge in [-0.2, -0.15) is 0 Å². The van der Waals surface area contributed by atoms with Crippen LogP contribution in [0.2, 0.25) is 0 Å². The lowest BCUT2D eigenvalue weighted by atomic mass is 10.1. The van der Waals surface area contributed by atoms with E-state index in [1.165, 1.54) is 5.56 Å². The lowest BCUT2D eigenvalue weighted by Crippen LogP contribution is -2.37. The highest BCUT2D eigenvalue weighted by molar-refractivity contribution is 5.97. The summed E-state index contributed by atoms with van der Waals surface area (Å²) >= 11 is 0. The highest BCUT2D eigenvalue weighted by Gasteiger charge is 2.23. The van der Waals surface area contributed by atoms with E-state index in [0.29, 0.717) is 30.1 Å². The smallest absolute Gasteiger partial charge is 0.319 e. The lowest BCUT2D eigenvalue weighted by Gasteiger charge is -2.28. The molecule has 1 atom stereocenters. The van der Waals surface area contributed by atoms with E-state index in [2.05, 4.69) is 22.8 Å². The fourth-order valence-corrected chi connectivity index (χ4v) is 3.53. The number of nitrogens with one attached hydrogen (secondary N) is 2. The molecule has 1 aliphatic rings. The van der Waals surface area contributed by atoms with E-state index in [1.807, 2.05) is 25.1 Å². The Morgan fingerprint density at radius 2 is 1.97 bits per heavy atom. The van der Waals surface area contributed by atoms with Gasteiger partial charge in [-0.1, -0.05) is 30.3 Å². The maximum atomic E-state index is 12.4. The summed E-state index contributed by atoms with van der Waals surface area (Å²) in [5.74, 6) is 0.716. The molecule has 0 aromatic heterocycles. The molecule has 1 saturated heterocycles. The highest BCUT2D eigenvalue weighted by Crippen LogP contribution is 2.33. The van der Waals surface area contributed by atoms with Gasteiger partial charge in [0.25, 0.3) is 0 Å². The zero-order chi connectivity index (χ0) is 20.6. The molecule has 29 heavy (non-hydrogen) atoms. The van der Waals surface area contributed by atoms with Gasteiger partial charge >= 0.3 is 6.03 Å². The SMILES string of the molecule is COc1ccc(NC(=O)NC(C)CCc2ccccc2)cc1N1CCCCC1=O. The summed E-state index contributed by atoms with van der Waals surface area (Å²) < 4.78 is 5.42. The van der Waals surface area contributed by atoms with Crippen molar-refractivity contribution in [3.8, 4) is 5.75 Å². The number of rotatable bonds is 7. The van der Waals surface area contributed by atoms with Crippen molar-refractivity contribution in [2.24, 2.45) is 0 Å². The fourth-order valence-electron chi connectivity index (χ4n) is 3.53. The molecule has 2 aromatic rings. The molecule has 154 valence electrons. The third-order valence-corrected chi connectivity index (χ3v) is 5.14. The Hall–Kier alpha value is -3.02. The number of aryl methyl sites for hydroxylation is 1. The molecule has 0 bridgehead atoms. The Kier molecular flexibility index (Phi) is 7.11. The topological polar surface area (TPSA) is 70.7 Å². The highest BCUT2D eigenvalue weighted by atomic mass is 16.5. The molecular weight excluding hydrogens is 366 g/mol. The predicted octanol–water partition coefficient (Wildman–Crippen LogP) is 4.35. The summed E-state index contributed by atoms with van der Waals surface area (Å²) in [6.45, 7) is 2.66. The van der Waals surface area contributed by atoms with E-state index in [1.54, 1.807) is 30.2 Å². The van der Waals surface area contributed by atoms with E-state index < -0.39 is 0 Å². The van der Waals surface area contributed by atoms with Crippen LogP contribution in [0.15, 0.2) is 48.5 Å². The zero-order valence-corrected chi connectivity index (χ0v) is 17.1. The second-order valence-electron chi connectivity index (χ2n) is 7.41. The second-order valence-corrected chi connectivity index (χ2v) is 7.41. The average molecular weight is 396 g/mol. The van der Waals surface area contributed by atoms with Crippen LogP contribution in [0, 0.1) is 0 Å². The van der Waals surface area contributed by atoms with Crippen LogP contribution in [-0.4, -0.2) is 31.6 Å². The van der Waals surface area contributed by atoms with Crippen molar-refractivity contribution in [3.63, 3.8) is 0 Å². The van der Waals surface area contributed by atoms with E-state index in [0.717, 1.165) is 25.7 Å². The number of ether oxygens (including phenoxy) is 1. The average Bonchev–Trinajstić information content (AvgIpc) is 2.73. The Bertz CT molecular complexity index is 839. The van der Waals surface area contributed by atoms with Gasteiger partial charge in [0.05, 0.1) is 12.8 Å². The summed E-state index contributed by atoms with van der Waals surface area (Å²) in [7, 11) is 1.58. The minimum Gasteiger partial charge on any atom is -0.495 e. The Labute approximate surface area is 172 Å². The molecule has 0 aliphatic carbocycles. The minimum absolute atomic E-state index is 0.0385. The first-order valence-corrected chi connectivity index (χ1v) is 10.2. The first kappa shape index (κ1) is 20.7. The molecule has 6 nitrogen and oxygen atoms in total. The van der Waals surface area contributed by atoms with Gasteiger partial charge in [-0.15, -0.1) is 0 Å². The minimum atomic E-state index is -0.258. The van der Waals surface area contributed by atoms with Crippen LogP contribution in [0.1, 0.15) is 38.2 Å². The molecule has 0 radical (unpaired) electrons. The quantitative estimate of drug-likeness (QED) is 0.732. The first-order valence-electron chi connectivity index (χ1n) is 10.2. The number of benzene rings is 2. The van der Waals surface area contributed by atoms with Crippen LogP contribution < -0.4 is 20.3 Å². The molecule has 0 saturated carbocycles. The van der Waals surface area contributed by atoms with E-state index in [-0.39, 0.29) is 18.0 Å². The van der Waals surface area contributed by atoms with Crippen molar-refractivity contribution in [1.29, 1.82) is 0 Å². The van der Waals surface area contributed by atoms with Crippen LogP contribution in [-0.2, 0) is 11.2 Å². The molecule has 1 fully saturated rings. The number of hydrogen-bond acceptors (Lipinski definition) is 3. The molecule has 0 spiro atoms. The standard InChI is InChI=1S/C23H29N3O3/c1-17(11-12-18-8-4-3-5-9-18)24-23(28)25-19-13-14-21(29-2)20(16-19)26-15-7-6-10-22(26)27/h3-5,8-9,13-14,16-17H,6-7,10-12,15H2,1-2H3,(H2,24,25,28). The Morgan fingerprint density at radius 1 is 1.17 bits per heavy atom. The van der Waals surface area contributed by atoms with Gasteiger partial charge in [0.2, 0.25) is 5.91 Å². The number of nitrogens with zero attached hydrogens (tertiary/aromatic N) is 1. The molecule has 2 N–H and O–H groups in total. The molecule has 1 heterocycles. The normalized spacial score (nSPS) is 15.0. The van der Waals surface area contributed by atoms with Gasteiger partial charge < -0.3 is 20.3 Å². The van der Waals surface area contributed by atoms with Crippen LogP contribution in [0.4, 0.5) is 16.2 Å². The van der Waals surface area contributed by atoms with Crippen LogP contribution in [0.5, 0.6) is 5.75 Å². The van der Waals surface area contributed by atoms with Crippen LogP contribution in [0.25, 0.3) is 0 Å². The van der Waals surface area contributed by atoms with Gasteiger partial charge in [0.15, 0.2) is 0 Å². The number of amides is 3. The number of carbonyl (C=O) groups is 2. The van der Waals surface area contributed by atoms with Crippen LogP contribution >= 0.6 is 0 Å². The van der Waals surface area contributed by atoms with Crippen LogP contribution in [0.3, 0.4) is 0 Å². The summed E-state index contributed by atoms with van der Waals surface area (Å²) in [4.78, 5) is 26.5. The summed E-state index contributed by atoms with van der Waals surface area (Å²) in [6.07, 6.45) is 4.19. The van der Waals surface area contributed by atoms with Crippen molar-refractivity contribution < 1.29 is 14.3 Å². The van der Waals surface area contributed by atoms with Crippen molar-refractivity contribution in [2.75, 3.05) is 23.9 Å². The summed E-state index contributed by atoms with van der Waals surface area (Å²) in [5.41, 5.74) is 2.59. The van der Waals surface area contributed by atoms with Gasteiger partial charge in [0, 0.05) is 24.7 Å². The van der Waals surface area contributed by atoms with Crippen molar-refractivity contribution in [2.45, 2.75) is 45.1 Å².